The molecule has 0 spiro atoms. The van der Waals surface area contributed by atoms with Crippen molar-refractivity contribution in [3.8, 4) is 0 Å². The molecule has 0 saturated carbocycles. The molecule has 2 N–H and O–H groups in total. The summed E-state index contributed by atoms with van der Waals surface area (Å²) in [4.78, 5) is 0. The number of hydrogen-bond acceptors (Lipinski definition) is 0. The van der Waals surface area contributed by atoms with Gasteiger partial charge in [-0.15, -0.1) is 0 Å². The summed E-state index contributed by atoms with van der Waals surface area (Å²) >= 11 is 0. The van der Waals surface area contributed by atoms with E-state index in [-0.39, 0.29) is 70.0 Å². The van der Waals surface area contributed by atoms with Crippen LogP contribution in [0.3, 0.4) is 0 Å². The summed E-state index contributed by atoms with van der Waals surface area (Å²) in [6, 6.07) is 0. The summed E-state index contributed by atoms with van der Waals surface area (Å²) in [5, 5.41) is 0. The molecule has 0 fully saturated rings. The molecule has 0 heterocycles. The van der Waals surface area contributed by atoms with Crippen molar-refractivity contribution in [2.24, 2.45) is 0 Å². The zero-order valence-electron chi connectivity index (χ0n) is 3.34. The molecule has 1 nitrogen and oxygen atoms in total. The van der Waals surface area contributed by atoms with Crippen LogP contribution in [0.4, 0.5) is 18.8 Å². The van der Waals surface area contributed by atoms with Gasteiger partial charge in [0, 0.05) is 45.7 Å². The Balaban J connectivity index is 0. The van der Waals surface area contributed by atoms with Gasteiger partial charge >= 0.3 is 0 Å². The van der Waals surface area contributed by atoms with Gasteiger partial charge in [0.15, 0.2) is 0 Å². The van der Waals surface area contributed by atoms with Crippen molar-refractivity contribution in [2.45, 2.75) is 0 Å². The third kappa shape index (κ3) is 137. The van der Waals surface area contributed by atoms with E-state index in [2.05, 4.69) is 0 Å². The quantitative estimate of drug-likeness (QED) is 0.423. The van der Waals surface area contributed by atoms with Crippen LogP contribution in [-0.4, -0.2) is 5.48 Å². The number of halogens is 4. The van der Waals surface area contributed by atoms with Crippen molar-refractivity contribution in [1.82, 2.24) is 0 Å². The van der Waals surface area contributed by atoms with E-state index in [1.807, 2.05) is 0 Å². The van der Waals surface area contributed by atoms with Gasteiger partial charge in [0.25, 0.3) is 0 Å². The molecule has 7 heavy (non-hydrogen) atoms. The Morgan fingerprint density at radius 1 is 0.571 bits per heavy atom. The van der Waals surface area contributed by atoms with Gasteiger partial charge in [-0.1, -0.05) is 0 Å². The van der Waals surface area contributed by atoms with Crippen LogP contribution in [0.1, 0.15) is 0 Å². The summed E-state index contributed by atoms with van der Waals surface area (Å²) in [6.07, 6.45) is 0. The summed E-state index contributed by atoms with van der Waals surface area (Å²) < 4.78 is 0. The minimum Gasteiger partial charge on any atom is -0.412 e. The minimum absolute atomic E-state index is 0. The smallest absolute Gasteiger partial charge is 0 e. The number of hydrogen-bond donors (Lipinski definition) is 0. The average molecular weight is 255 g/mol. The van der Waals surface area contributed by atoms with Gasteiger partial charge in [0.05, 0.1) is 0 Å². The molecule has 0 aromatic rings. The first-order chi connectivity index (χ1) is 0. The van der Waals surface area contributed by atoms with E-state index in [0.717, 1.165) is 0 Å². The van der Waals surface area contributed by atoms with Gasteiger partial charge < -0.3 is 5.48 Å². The first-order valence-corrected chi connectivity index (χ1v) is 0. The normalized spacial score (nSPS) is 0. The van der Waals surface area contributed by atoms with Crippen LogP contribution in [-0.2, 0) is 45.7 Å². The molecule has 7 heteroatoms. The van der Waals surface area contributed by atoms with Crippen molar-refractivity contribution >= 4 is 0 Å². The maximum atomic E-state index is 0. The zero-order valence-corrected chi connectivity index (χ0v) is 8.77. The Hall–Kier alpha value is 1.19. The van der Waals surface area contributed by atoms with Crippen molar-refractivity contribution in [2.75, 3.05) is 0 Å². The first kappa shape index (κ1) is 300. The molecule has 0 aliphatic rings. The van der Waals surface area contributed by atoms with Crippen LogP contribution < -0.4 is 0 Å². The van der Waals surface area contributed by atoms with Crippen molar-refractivity contribution in [3.63, 3.8) is 0 Å². The van der Waals surface area contributed by atoms with Crippen LogP contribution >= 0.6 is 0 Å². The summed E-state index contributed by atoms with van der Waals surface area (Å²) in [5.41, 5.74) is 0. The van der Waals surface area contributed by atoms with Crippen molar-refractivity contribution in [3.05, 3.63) is 0 Å². The summed E-state index contributed by atoms with van der Waals surface area (Å²) in [7, 11) is 0. The van der Waals surface area contributed by atoms with Gasteiger partial charge in [-0.2, -0.15) is 0 Å². The van der Waals surface area contributed by atoms with E-state index >= 15 is 0 Å². The van der Waals surface area contributed by atoms with Gasteiger partial charge in [0.1, 0.15) is 0 Å². The molecule has 0 rings (SSSR count). The molecule has 0 aromatic heterocycles. The van der Waals surface area contributed by atoms with E-state index < -0.39 is 0 Å². The van der Waals surface area contributed by atoms with Gasteiger partial charge in [-0.25, -0.2) is 0 Å². The third-order valence-electron chi connectivity index (χ3n) is 0. The predicted octanol–water partition coefficient (Wildman–Crippen LogP) is -0.220. The molecule has 0 aromatic carbocycles. The van der Waals surface area contributed by atoms with Crippen LogP contribution in [0.2, 0.25) is 0 Å². The van der Waals surface area contributed by atoms with Crippen LogP contribution in [0.5, 0.6) is 0 Å². The van der Waals surface area contributed by atoms with E-state index in [0.29, 0.717) is 0 Å². The second-order valence-corrected chi connectivity index (χ2v) is 0. The van der Waals surface area contributed by atoms with Crippen LogP contribution in [0.25, 0.3) is 0 Å². The van der Waals surface area contributed by atoms with Gasteiger partial charge in [0.2, 0.25) is 0 Å². The maximum Gasteiger partial charge on any atom is 0 e. The monoisotopic (exact) mass is 252 g/mol. The van der Waals surface area contributed by atoms with E-state index in [1.54, 1.807) is 0 Å². The molecular formula is H6F4OZnZr. The van der Waals surface area contributed by atoms with Crippen LogP contribution in [0, 0.1) is 0 Å². The maximum absolute atomic E-state index is 0. The second kappa shape index (κ2) is 195. The van der Waals surface area contributed by atoms with Gasteiger partial charge in [-0.05, 0) is 0 Å². The molecule has 0 unspecified atom stereocenters. The van der Waals surface area contributed by atoms with E-state index in [4.69, 9.17) is 0 Å². The molecule has 0 atom stereocenters. The SMILES string of the molecule is F.F.F.F.O.[Zn].[Zr]. The fourth-order valence-electron chi connectivity index (χ4n) is 0. The molecule has 0 saturated heterocycles. The predicted molar refractivity (Wildman–Crippen MR) is 13.6 cm³/mol. The Kier molecular flexibility index (Phi) is 8380. The third-order valence-corrected chi connectivity index (χ3v) is 0. The topological polar surface area (TPSA) is 31.5 Å². The molecule has 0 amide bonds. The van der Waals surface area contributed by atoms with Crippen molar-refractivity contribution in [1.29, 1.82) is 0 Å². The molecular weight excluding hydrogens is 249 g/mol. The average Bonchev–Trinajstić information content (AvgIpc) is 0. The minimum atomic E-state index is 0. The Bertz CT molecular complexity index is 11.7. The molecule has 46 valence electrons. The largest absolute Gasteiger partial charge is 0.412 e. The number of rotatable bonds is 0. The molecule has 0 bridgehead atoms. The Morgan fingerprint density at radius 2 is 0.571 bits per heavy atom. The standard InChI is InChI=1S/4FH.H2O.Zn.Zr/h4*1H;1H2;;. The Labute approximate surface area is 69.9 Å². The van der Waals surface area contributed by atoms with Crippen molar-refractivity contribution < 1.29 is 70.0 Å². The second-order valence-electron chi connectivity index (χ2n) is 0. The molecule has 0 aliphatic heterocycles. The Morgan fingerprint density at radius 3 is 0.571 bits per heavy atom. The van der Waals surface area contributed by atoms with Crippen LogP contribution in [0.15, 0.2) is 0 Å². The van der Waals surface area contributed by atoms with E-state index in [9.17, 15) is 0 Å². The summed E-state index contributed by atoms with van der Waals surface area (Å²) in [6.45, 7) is 0. The first-order valence-electron chi connectivity index (χ1n) is 0. The summed E-state index contributed by atoms with van der Waals surface area (Å²) in [5.74, 6) is 0. The van der Waals surface area contributed by atoms with E-state index in [1.165, 1.54) is 0 Å². The van der Waals surface area contributed by atoms with Gasteiger partial charge in [-0.3, -0.25) is 18.8 Å². The molecule has 0 radical (unpaired) electrons. The molecule has 0 aliphatic carbocycles. The fraction of sp³-hybridized carbons (Fsp3) is 0. The fourth-order valence-corrected chi connectivity index (χ4v) is 0. The zero-order chi connectivity index (χ0) is 0.